The fraction of sp³-hybridized carbons (Fsp3) is 0.471. The van der Waals surface area contributed by atoms with E-state index in [1.165, 1.54) is 18.4 Å². The molecule has 3 nitrogen and oxygen atoms in total. The molecule has 0 N–H and O–H groups in total. The number of hydrogen-bond donors (Lipinski definition) is 0. The number of pyridine rings is 1. The smallest absolute Gasteiger partial charge is 0.0703 e. The van der Waals surface area contributed by atoms with Gasteiger partial charge in [-0.2, -0.15) is 11.3 Å². The summed E-state index contributed by atoms with van der Waals surface area (Å²) >= 11 is 1.76. The molecule has 1 atom stereocenters. The third-order valence-electron chi connectivity index (χ3n) is 3.80. The molecule has 4 heteroatoms. The van der Waals surface area contributed by atoms with Crippen molar-refractivity contribution in [3.8, 4) is 0 Å². The Labute approximate surface area is 130 Å². The Balaban J connectivity index is 1.68. The monoisotopic (exact) mass is 302 g/mol. The van der Waals surface area contributed by atoms with Crippen molar-refractivity contribution < 1.29 is 4.74 Å². The highest BCUT2D eigenvalue weighted by Crippen LogP contribution is 2.17. The average Bonchev–Trinajstić information content (AvgIpc) is 3.12. The van der Waals surface area contributed by atoms with Crippen molar-refractivity contribution in [1.29, 1.82) is 0 Å². The minimum Gasteiger partial charge on any atom is -0.377 e. The number of ether oxygens (including phenoxy) is 1. The van der Waals surface area contributed by atoms with Crippen LogP contribution in [0.15, 0.2) is 35.0 Å². The van der Waals surface area contributed by atoms with Gasteiger partial charge in [0.15, 0.2) is 0 Å². The third kappa shape index (κ3) is 4.37. The molecule has 112 valence electrons. The van der Waals surface area contributed by atoms with Crippen molar-refractivity contribution in [2.45, 2.75) is 39.0 Å². The molecule has 3 rings (SSSR count). The predicted octanol–water partition coefficient (Wildman–Crippen LogP) is 3.63. The van der Waals surface area contributed by atoms with E-state index in [1.54, 1.807) is 11.3 Å². The van der Waals surface area contributed by atoms with E-state index in [0.717, 1.165) is 37.6 Å². The molecule has 0 spiro atoms. The Kier molecular flexibility index (Phi) is 5.01. The maximum atomic E-state index is 5.80. The predicted molar refractivity (Wildman–Crippen MR) is 86.4 cm³/mol. The first-order chi connectivity index (χ1) is 10.3. The summed E-state index contributed by atoms with van der Waals surface area (Å²) in [6, 6.07) is 8.46. The van der Waals surface area contributed by atoms with E-state index < -0.39 is 0 Å². The van der Waals surface area contributed by atoms with Crippen molar-refractivity contribution in [2.75, 3.05) is 13.2 Å². The van der Waals surface area contributed by atoms with Gasteiger partial charge in [-0.3, -0.25) is 9.88 Å². The summed E-state index contributed by atoms with van der Waals surface area (Å²) in [6.45, 7) is 5.81. The molecule has 0 aliphatic carbocycles. The molecule has 21 heavy (non-hydrogen) atoms. The van der Waals surface area contributed by atoms with Gasteiger partial charge in [0.25, 0.3) is 0 Å². The molecule has 1 aliphatic heterocycles. The number of hydrogen-bond acceptors (Lipinski definition) is 4. The summed E-state index contributed by atoms with van der Waals surface area (Å²) in [5.74, 6) is 0. The van der Waals surface area contributed by atoms with Crippen molar-refractivity contribution >= 4 is 11.3 Å². The summed E-state index contributed by atoms with van der Waals surface area (Å²) < 4.78 is 5.80. The Morgan fingerprint density at radius 3 is 3.00 bits per heavy atom. The number of thiophene rings is 1. The van der Waals surface area contributed by atoms with Crippen molar-refractivity contribution in [3.05, 3.63) is 52.0 Å². The topological polar surface area (TPSA) is 25.4 Å². The van der Waals surface area contributed by atoms with E-state index in [0.29, 0.717) is 6.10 Å². The molecule has 0 bridgehead atoms. The fourth-order valence-electron chi connectivity index (χ4n) is 2.82. The number of aromatic nitrogens is 1. The van der Waals surface area contributed by atoms with Gasteiger partial charge >= 0.3 is 0 Å². The summed E-state index contributed by atoms with van der Waals surface area (Å²) in [5, 5.41) is 4.37. The summed E-state index contributed by atoms with van der Waals surface area (Å²) in [5.41, 5.74) is 3.61. The molecular weight excluding hydrogens is 280 g/mol. The van der Waals surface area contributed by atoms with E-state index in [4.69, 9.17) is 4.74 Å². The molecule has 0 saturated carbocycles. The molecule has 2 aromatic heterocycles. The molecule has 0 radical (unpaired) electrons. The second-order valence-corrected chi connectivity index (χ2v) is 6.49. The maximum Gasteiger partial charge on any atom is 0.0703 e. The molecule has 2 aromatic rings. The van der Waals surface area contributed by atoms with Crippen molar-refractivity contribution in [2.24, 2.45) is 0 Å². The molecule has 0 amide bonds. The lowest BCUT2D eigenvalue weighted by atomic mass is 10.2. The molecule has 0 aromatic carbocycles. The largest absolute Gasteiger partial charge is 0.377 e. The zero-order valence-corrected chi connectivity index (χ0v) is 13.3. The summed E-state index contributed by atoms with van der Waals surface area (Å²) in [4.78, 5) is 7.10. The van der Waals surface area contributed by atoms with Gasteiger partial charge < -0.3 is 4.74 Å². The zero-order chi connectivity index (χ0) is 14.5. The molecular formula is C17H22N2OS. The first-order valence-corrected chi connectivity index (χ1v) is 8.51. The summed E-state index contributed by atoms with van der Waals surface area (Å²) in [7, 11) is 0. The van der Waals surface area contributed by atoms with Crippen LogP contribution < -0.4 is 0 Å². The number of nitrogens with zero attached hydrogens (tertiary/aromatic N) is 2. The molecule has 0 unspecified atom stereocenters. The maximum absolute atomic E-state index is 5.80. The van der Waals surface area contributed by atoms with Crippen LogP contribution in [0.2, 0.25) is 0 Å². The number of aryl methyl sites for hydroxylation is 1. The highest BCUT2D eigenvalue weighted by Gasteiger charge is 2.20. The Morgan fingerprint density at radius 1 is 1.33 bits per heavy atom. The van der Waals surface area contributed by atoms with Gasteiger partial charge in [0.2, 0.25) is 0 Å². The minimum atomic E-state index is 0.383. The summed E-state index contributed by atoms with van der Waals surface area (Å²) in [6.07, 6.45) is 2.76. The molecule has 3 heterocycles. The fourth-order valence-corrected chi connectivity index (χ4v) is 3.48. The third-order valence-corrected chi connectivity index (χ3v) is 4.54. The van der Waals surface area contributed by atoms with Gasteiger partial charge in [-0.05, 0) is 54.3 Å². The SMILES string of the molecule is Cc1cccc(CN(Cc2ccsc2)C[C@@H]2CCCO2)n1. The van der Waals surface area contributed by atoms with E-state index in [2.05, 4.69) is 38.8 Å². The van der Waals surface area contributed by atoms with E-state index in [1.807, 2.05) is 13.0 Å². The van der Waals surface area contributed by atoms with Gasteiger partial charge in [0.1, 0.15) is 0 Å². The van der Waals surface area contributed by atoms with Crippen LogP contribution in [-0.4, -0.2) is 29.1 Å². The Hall–Kier alpha value is -1.23. The van der Waals surface area contributed by atoms with Gasteiger partial charge in [-0.15, -0.1) is 0 Å². The van der Waals surface area contributed by atoms with E-state index in [9.17, 15) is 0 Å². The van der Waals surface area contributed by atoms with Gasteiger partial charge in [-0.1, -0.05) is 6.07 Å². The molecule has 1 saturated heterocycles. The van der Waals surface area contributed by atoms with Crippen LogP contribution in [0.5, 0.6) is 0 Å². The van der Waals surface area contributed by atoms with Crippen molar-refractivity contribution in [1.82, 2.24) is 9.88 Å². The first-order valence-electron chi connectivity index (χ1n) is 7.57. The van der Waals surface area contributed by atoms with Crippen LogP contribution in [0.4, 0.5) is 0 Å². The normalized spacial score (nSPS) is 18.5. The lowest BCUT2D eigenvalue weighted by Gasteiger charge is -2.24. The van der Waals surface area contributed by atoms with Crippen LogP contribution in [0, 0.1) is 6.92 Å². The van der Waals surface area contributed by atoms with E-state index >= 15 is 0 Å². The Bertz CT molecular complexity index is 550. The minimum absolute atomic E-state index is 0.383. The number of rotatable bonds is 6. The van der Waals surface area contributed by atoms with Crippen molar-refractivity contribution in [3.63, 3.8) is 0 Å². The van der Waals surface area contributed by atoms with Gasteiger partial charge in [-0.25, -0.2) is 0 Å². The highest BCUT2D eigenvalue weighted by atomic mass is 32.1. The first kappa shape index (κ1) is 14.7. The standard InChI is InChI=1S/C17H22N2OS/c1-14-4-2-5-16(18-14)11-19(10-15-7-9-21-13-15)12-17-6-3-8-20-17/h2,4-5,7,9,13,17H,3,6,8,10-12H2,1H3/t17-/m0/s1. The van der Waals surface area contributed by atoms with Crippen LogP contribution in [0.3, 0.4) is 0 Å². The lowest BCUT2D eigenvalue weighted by molar-refractivity contribution is 0.0675. The van der Waals surface area contributed by atoms with Gasteiger partial charge in [0.05, 0.1) is 11.8 Å². The average molecular weight is 302 g/mol. The second-order valence-electron chi connectivity index (χ2n) is 5.71. The quantitative estimate of drug-likeness (QED) is 0.814. The van der Waals surface area contributed by atoms with E-state index in [-0.39, 0.29) is 0 Å². The zero-order valence-electron chi connectivity index (χ0n) is 12.5. The van der Waals surface area contributed by atoms with Gasteiger partial charge in [0, 0.05) is 31.9 Å². The molecule has 1 fully saturated rings. The second kappa shape index (κ2) is 7.16. The van der Waals surface area contributed by atoms with Crippen LogP contribution in [-0.2, 0) is 17.8 Å². The van der Waals surface area contributed by atoms with Crippen LogP contribution in [0.25, 0.3) is 0 Å². The molecule has 1 aliphatic rings. The highest BCUT2D eigenvalue weighted by molar-refractivity contribution is 7.07. The lowest BCUT2D eigenvalue weighted by Crippen LogP contribution is -2.31. The Morgan fingerprint density at radius 2 is 2.29 bits per heavy atom. The van der Waals surface area contributed by atoms with Crippen LogP contribution in [0.1, 0.15) is 29.8 Å². The van der Waals surface area contributed by atoms with Crippen LogP contribution >= 0.6 is 11.3 Å².